The van der Waals surface area contributed by atoms with Gasteiger partial charge in [0.15, 0.2) is 0 Å². The highest BCUT2D eigenvalue weighted by Crippen LogP contribution is 2.47. The van der Waals surface area contributed by atoms with Crippen molar-refractivity contribution in [3.63, 3.8) is 0 Å². The smallest absolute Gasteiger partial charge is 0.335 e. The van der Waals surface area contributed by atoms with E-state index in [9.17, 15) is 9.59 Å². The molecule has 2 rings (SSSR count). The molecule has 0 heterocycles. The summed E-state index contributed by atoms with van der Waals surface area (Å²) in [5, 5.41) is 11.8. The maximum absolute atomic E-state index is 11.8. The van der Waals surface area contributed by atoms with E-state index in [1.807, 2.05) is 0 Å². The summed E-state index contributed by atoms with van der Waals surface area (Å²) in [7, 11) is 0. The number of carboxylic acid groups (broad SMARTS) is 1. The molecule has 1 aliphatic rings. The molecule has 4 nitrogen and oxygen atoms in total. The van der Waals surface area contributed by atoms with Gasteiger partial charge in [0, 0.05) is 13.0 Å². The quantitative estimate of drug-likeness (QED) is 0.804. The molecule has 1 aromatic carbocycles. The first-order valence-corrected chi connectivity index (χ1v) is 7.14. The molecule has 0 aliphatic heterocycles. The molecule has 108 valence electrons. The zero-order chi connectivity index (χ0) is 14.6. The van der Waals surface area contributed by atoms with E-state index in [1.165, 1.54) is 12.8 Å². The highest BCUT2D eigenvalue weighted by Gasteiger charge is 2.40. The number of rotatable bonds is 7. The molecule has 0 spiro atoms. The van der Waals surface area contributed by atoms with Crippen LogP contribution in [0.25, 0.3) is 0 Å². The van der Waals surface area contributed by atoms with Gasteiger partial charge in [0.1, 0.15) is 0 Å². The van der Waals surface area contributed by atoms with Crippen molar-refractivity contribution in [3.05, 3.63) is 35.4 Å². The summed E-state index contributed by atoms with van der Waals surface area (Å²) in [6, 6.07) is 6.69. The Labute approximate surface area is 119 Å². The van der Waals surface area contributed by atoms with Crippen LogP contribution in [0.5, 0.6) is 0 Å². The minimum Gasteiger partial charge on any atom is -0.478 e. The van der Waals surface area contributed by atoms with Crippen LogP contribution in [0.1, 0.15) is 48.5 Å². The van der Waals surface area contributed by atoms with Crippen molar-refractivity contribution in [2.24, 2.45) is 5.41 Å². The summed E-state index contributed by atoms with van der Waals surface area (Å²) in [4.78, 5) is 22.5. The number of carbonyl (C=O) groups is 2. The van der Waals surface area contributed by atoms with Gasteiger partial charge in [-0.15, -0.1) is 0 Å². The Bertz CT molecular complexity index is 489. The molecule has 1 aromatic rings. The van der Waals surface area contributed by atoms with Crippen molar-refractivity contribution in [2.75, 3.05) is 6.54 Å². The van der Waals surface area contributed by atoms with E-state index in [4.69, 9.17) is 5.11 Å². The van der Waals surface area contributed by atoms with Crippen molar-refractivity contribution in [3.8, 4) is 0 Å². The molecule has 0 bridgehead atoms. The molecule has 1 saturated carbocycles. The molecule has 0 radical (unpaired) electrons. The summed E-state index contributed by atoms with van der Waals surface area (Å²) >= 11 is 0. The maximum Gasteiger partial charge on any atom is 0.335 e. The lowest BCUT2D eigenvalue weighted by atomic mass is 10.0. The minimum atomic E-state index is -0.927. The summed E-state index contributed by atoms with van der Waals surface area (Å²) in [5.41, 5.74) is 1.64. The number of carbonyl (C=O) groups excluding carboxylic acids is 1. The van der Waals surface area contributed by atoms with Crippen LogP contribution in [0.15, 0.2) is 24.3 Å². The molecule has 0 saturated heterocycles. The zero-order valence-electron chi connectivity index (χ0n) is 11.8. The van der Waals surface area contributed by atoms with Gasteiger partial charge in [-0.05, 0) is 48.8 Å². The normalized spacial score (nSPS) is 15.7. The number of hydrogen-bond acceptors (Lipinski definition) is 2. The van der Waals surface area contributed by atoms with Crippen LogP contribution in [0.3, 0.4) is 0 Å². The molecule has 1 fully saturated rings. The van der Waals surface area contributed by atoms with Gasteiger partial charge in [-0.2, -0.15) is 0 Å². The number of hydrogen-bond donors (Lipinski definition) is 2. The Kier molecular flexibility index (Phi) is 4.42. The molecule has 0 aromatic heterocycles. The van der Waals surface area contributed by atoms with E-state index < -0.39 is 5.97 Å². The Morgan fingerprint density at radius 2 is 1.90 bits per heavy atom. The standard InChI is InChI=1S/C16H21NO3/c1-2-16(9-10-16)11-17-14(18)8-5-12-3-6-13(7-4-12)15(19)20/h3-4,6-7H,2,5,8-11H2,1H3,(H,17,18)(H,19,20). The predicted octanol–water partition coefficient (Wildman–Crippen LogP) is 2.62. The van der Waals surface area contributed by atoms with Gasteiger partial charge in [-0.25, -0.2) is 4.79 Å². The average molecular weight is 275 g/mol. The Balaban J connectivity index is 1.74. The van der Waals surface area contributed by atoms with E-state index in [0.29, 0.717) is 18.3 Å². The van der Waals surface area contributed by atoms with Gasteiger partial charge in [0.05, 0.1) is 5.56 Å². The zero-order valence-corrected chi connectivity index (χ0v) is 11.8. The number of aromatic carboxylic acids is 1. The maximum atomic E-state index is 11.8. The van der Waals surface area contributed by atoms with Crippen LogP contribution in [-0.4, -0.2) is 23.5 Å². The van der Waals surface area contributed by atoms with Crippen LogP contribution in [0.4, 0.5) is 0 Å². The summed E-state index contributed by atoms with van der Waals surface area (Å²) in [5.74, 6) is -0.851. The monoisotopic (exact) mass is 275 g/mol. The lowest BCUT2D eigenvalue weighted by Crippen LogP contribution is -2.30. The van der Waals surface area contributed by atoms with Gasteiger partial charge in [0.25, 0.3) is 0 Å². The lowest BCUT2D eigenvalue weighted by molar-refractivity contribution is -0.121. The largest absolute Gasteiger partial charge is 0.478 e. The third kappa shape index (κ3) is 3.83. The van der Waals surface area contributed by atoms with Crippen molar-refractivity contribution in [1.29, 1.82) is 0 Å². The number of carboxylic acids is 1. The topological polar surface area (TPSA) is 66.4 Å². The summed E-state index contributed by atoms with van der Waals surface area (Å²) in [6.45, 7) is 2.96. The highest BCUT2D eigenvalue weighted by atomic mass is 16.4. The molecular weight excluding hydrogens is 254 g/mol. The second kappa shape index (κ2) is 6.07. The first kappa shape index (κ1) is 14.6. The van der Waals surface area contributed by atoms with Crippen molar-refractivity contribution < 1.29 is 14.7 Å². The van der Waals surface area contributed by atoms with Gasteiger partial charge >= 0.3 is 5.97 Å². The SMILES string of the molecule is CCC1(CNC(=O)CCc2ccc(C(=O)O)cc2)CC1. The highest BCUT2D eigenvalue weighted by molar-refractivity contribution is 5.87. The molecule has 2 N–H and O–H groups in total. The van der Waals surface area contributed by atoms with Crippen LogP contribution >= 0.6 is 0 Å². The molecule has 20 heavy (non-hydrogen) atoms. The molecule has 0 atom stereocenters. The first-order chi connectivity index (χ1) is 9.54. The predicted molar refractivity (Wildman–Crippen MR) is 76.7 cm³/mol. The van der Waals surface area contributed by atoms with Gasteiger partial charge in [0.2, 0.25) is 5.91 Å². The van der Waals surface area contributed by atoms with E-state index in [1.54, 1.807) is 24.3 Å². The molecular formula is C16H21NO3. The van der Waals surface area contributed by atoms with Crippen molar-refractivity contribution in [2.45, 2.75) is 39.0 Å². The second-order valence-corrected chi connectivity index (χ2v) is 5.63. The fourth-order valence-electron chi connectivity index (χ4n) is 2.28. The molecule has 1 amide bonds. The van der Waals surface area contributed by atoms with Crippen LogP contribution in [0.2, 0.25) is 0 Å². The number of aryl methyl sites for hydroxylation is 1. The van der Waals surface area contributed by atoms with Gasteiger partial charge in [-0.1, -0.05) is 19.1 Å². The number of benzene rings is 1. The first-order valence-electron chi connectivity index (χ1n) is 7.14. The van der Waals surface area contributed by atoms with Gasteiger partial charge in [-0.3, -0.25) is 4.79 Å². The van der Waals surface area contributed by atoms with Crippen LogP contribution in [0, 0.1) is 5.41 Å². The number of amides is 1. The average Bonchev–Trinajstić information content (AvgIpc) is 3.24. The Morgan fingerprint density at radius 1 is 1.25 bits per heavy atom. The Morgan fingerprint density at radius 3 is 2.40 bits per heavy atom. The van der Waals surface area contributed by atoms with Crippen LogP contribution < -0.4 is 5.32 Å². The molecule has 0 unspecified atom stereocenters. The van der Waals surface area contributed by atoms with Crippen molar-refractivity contribution >= 4 is 11.9 Å². The summed E-state index contributed by atoms with van der Waals surface area (Å²) < 4.78 is 0. The molecule has 4 heteroatoms. The number of nitrogens with one attached hydrogen (secondary N) is 1. The van der Waals surface area contributed by atoms with E-state index >= 15 is 0 Å². The molecule has 1 aliphatic carbocycles. The van der Waals surface area contributed by atoms with E-state index in [0.717, 1.165) is 18.5 Å². The third-order valence-corrected chi connectivity index (χ3v) is 4.21. The lowest BCUT2D eigenvalue weighted by Gasteiger charge is -2.13. The van der Waals surface area contributed by atoms with E-state index in [2.05, 4.69) is 12.2 Å². The van der Waals surface area contributed by atoms with Crippen LogP contribution in [-0.2, 0) is 11.2 Å². The van der Waals surface area contributed by atoms with E-state index in [-0.39, 0.29) is 11.5 Å². The van der Waals surface area contributed by atoms with Crippen molar-refractivity contribution in [1.82, 2.24) is 5.32 Å². The van der Waals surface area contributed by atoms with Gasteiger partial charge < -0.3 is 10.4 Å². The summed E-state index contributed by atoms with van der Waals surface area (Å²) in [6.07, 6.45) is 4.67. The fourth-order valence-corrected chi connectivity index (χ4v) is 2.28. The second-order valence-electron chi connectivity index (χ2n) is 5.63. The minimum absolute atomic E-state index is 0.0760. The third-order valence-electron chi connectivity index (χ3n) is 4.21. The fraction of sp³-hybridized carbons (Fsp3) is 0.500. The Hall–Kier alpha value is -1.84.